The van der Waals surface area contributed by atoms with Gasteiger partial charge in [-0.1, -0.05) is 29.8 Å². The molecule has 25 heavy (non-hydrogen) atoms. The van der Waals surface area contributed by atoms with Crippen LogP contribution in [0.15, 0.2) is 48.5 Å². The number of nitrogens with one attached hydrogen (secondary N) is 1. The number of amides is 1. The second-order valence-electron chi connectivity index (χ2n) is 5.79. The van der Waals surface area contributed by atoms with E-state index in [1.54, 1.807) is 31.4 Å². The van der Waals surface area contributed by atoms with Crippen LogP contribution in [0.2, 0.25) is 5.02 Å². The lowest BCUT2D eigenvalue weighted by Gasteiger charge is -2.36. The van der Waals surface area contributed by atoms with Gasteiger partial charge < -0.3 is 19.7 Å². The lowest BCUT2D eigenvalue weighted by molar-refractivity contribution is -0.136. The molecular weight excluding hydrogens is 340 g/mol. The van der Waals surface area contributed by atoms with Crippen molar-refractivity contribution in [3.8, 4) is 11.5 Å². The quantitative estimate of drug-likeness (QED) is 0.890. The molecule has 1 atom stereocenters. The summed E-state index contributed by atoms with van der Waals surface area (Å²) >= 11 is 6.32. The van der Waals surface area contributed by atoms with Crippen molar-refractivity contribution >= 4 is 17.5 Å². The Balaban J connectivity index is 1.67. The van der Waals surface area contributed by atoms with E-state index in [1.807, 2.05) is 29.2 Å². The molecule has 132 valence electrons. The SMILES string of the molecule is COc1ccc(OCC(=O)N2CCNCC2c2ccccc2Cl)cc1. The van der Waals surface area contributed by atoms with Crippen molar-refractivity contribution in [2.75, 3.05) is 33.4 Å². The Hall–Kier alpha value is -2.24. The summed E-state index contributed by atoms with van der Waals surface area (Å²) in [6.07, 6.45) is 0. The molecule has 0 radical (unpaired) electrons. The van der Waals surface area contributed by atoms with E-state index in [9.17, 15) is 4.79 Å². The third-order valence-electron chi connectivity index (χ3n) is 4.25. The number of nitrogens with zero attached hydrogens (tertiary/aromatic N) is 1. The number of benzene rings is 2. The molecule has 2 aromatic carbocycles. The number of hydrogen-bond donors (Lipinski definition) is 1. The molecule has 0 bridgehead atoms. The van der Waals surface area contributed by atoms with Crippen LogP contribution in [0.4, 0.5) is 0 Å². The van der Waals surface area contributed by atoms with Crippen LogP contribution < -0.4 is 14.8 Å². The van der Waals surface area contributed by atoms with E-state index in [4.69, 9.17) is 21.1 Å². The number of carbonyl (C=O) groups is 1. The zero-order chi connectivity index (χ0) is 17.6. The van der Waals surface area contributed by atoms with Gasteiger partial charge in [-0.15, -0.1) is 0 Å². The number of hydrogen-bond acceptors (Lipinski definition) is 4. The predicted octanol–water partition coefficient (Wildman–Crippen LogP) is 2.90. The third-order valence-corrected chi connectivity index (χ3v) is 4.59. The molecular formula is C19H21ClN2O3. The predicted molar refractivity (Wildman–Crippen MR) is 97.3 cm³/mol. The summed E-state index contributed by atoms with van der Waals surface area (Å²) in [4.78, 5) is 14.5. The average Bonchev–Trinajstić information content (AvgIpc) is 2.67. The maximum Gasteiger partial charge on any atom is 0.261 e. The van der Waals surface area contributed by atoms with Crippen molar-refractivity contribution < 1.29 is 14.3 Å². The Morgan fingerprint density at radius 3 is 2.64 bits per heavy atom. The van der Waals surface area contributed by atoms with Crippen LogP contribution >= 0.6 is 11.6 Å². The van der Waals surface area contributed by atoms with Gasteiger partial charge in [0.1, 0.15) is 11.5 Å². The second kappa shape index (κ2) is 8.23. The highest BCUT2D eigenvalue weighted by atomic mass is 35.5. The van der Waals surface area contributed by atoms with Crippen LogP contribution in [0.25, 0.3) is 0 Å². The van der Waals surface area contributed by atoms with Gasteiger partial charge in [-0.3, -0.25) is 4.79 Å². The fraction of sp³-hybridized carbons (Fsp3) is 0.316. The normalized spacial score (nSPS) is 17.2. The van der Waals surface area contributed by atoms with E-state index in [1.165, 1.54) is 0 Å². The molecule has 3 rings (SSSR count). The first-order chi connectivity index (χ1) is 12.2. The number of rotatable bonds is 5. The van der Waals surface area contributed by atoms with Crippen LogP contribution in [0.3, 0.4) is 0 Å². The van der Waals surface area contributed by atoms with Crippen molar-refractivity contribution in [1.82, 2.24) is 10.2 Å². The van der Waals surface area contributed by atoms with Crippen molar-refractivity contribution in [1.29, 1.82) is 0 Å². The van der Waals surface area contributed by atoms with Crippen molar-refractivity contribution in [3.05, 3.63) is 59.1 Å². The number of halogens is 1. The highest BCUT2D eigenvalue weighted by Crippen LogP contribution is 2.28. The molecule has 1 N–H and O–H groups in total. The number of carbonyl (C=O) groups excluding carboxylic acids is 1. The summed E-state index contributed by atoms with van der Waals surface area (Å²) in [5.74, 6) is 1.33. The van der Waals surface area contributed by atoms with Gasteiger partial charge >= 0.3 is 0 Å². The Morgan fingerprint density at radius 2 is 1.92 bits per heavy atom. The van der Waals surface area contributed by atoms with Gasteiger partial charge in [0.25, 0.3) is 5.91 Å². The topological polar surface area (TPSA) is 50.8 Å². The smallest absolute Gasteiger partial charge is 0.261 e. The highest BCUT2D eigenvalue weighted by molar-refractivity contribution is 6.31. The van der Waals surface area contributed by atoms with Crippen molar-refractivity contribution in [2.45, 2.75) is 6.04 Å². The molecule has 1 saturated heterocycles. The monoisotopic (exact) mass is 360 g/mol. The Bertz CT molecular complexity index is 721. The summed E-state index contributed by atoms with van der Waals surface area (Å²) in [5, 5.41) is 4.00. The highest BCUT2D eigenvalue weighted by Gasteiger charge is 2.29. The summed E-state index contributed by atoms with van der Waals surface area (Å²) in [5.41, 5.74) is 0.953. The van der Waals surface area contributed by atoms with E-state index < -0.39 is 0 Å². The van der Waals surface area contributed by atoms with Crippen molar-refractivity contribution in [2.24, 2.45) is 0 Å². The van der Waals surface area contributed by atoms with Crippen LogP contribution in [-0.2, 0) is 4.79 Å². The Labute approximate surface area is 152 Å². The van der Waals surface area contributed by atoms with Gasteiger partial charge in [0.15, 0.2) is 6.61 Å². The molecule has 0 aromatic heterocycles. The largest absolute Gasteiger partial charge is 0.497 e. The summed E-state index contributed by atoms with van der Waals surface area (Å²) in [6.45, 7) is 2.06. The van der Waals surface area contributed by atoms with Gasteiger partial charge in [-0.2, -0.15) is 0 Å². The van der Waals surface area contributed by atoms with Gasteiger partial charge in [0.05, 0.1) is 13.2 Å². The van der Waals surface area contributed by atoms with Crippen LogP contribution in [0, 0.1) is 0 Å². The zero-order valence-corrected chi connectivity index (χ0v) is 14.8. The first kappa shape index (κ1) is 17.6. The molecule has 6 heteroatoms. The minimum atomic E-state index is -0.0885. The fourth-order valence-corrected chi connectivity index (χ4v) is 3.19. The molecule has 0 saturated carbocycles. The van der Waals surface area contributed by atoms with E-state index in [-0.39, 0.29) is 18.6 Å². The minimum Gasteiger partial charge on any atom is -0.497 e. The van der Waals surface area contributed by atoms with E-state index in [0.717, 1.165) is 17.9 Å². The zero-order valence-electron chi connectivity index (χ0n) is 14.1. The van der Waals surface area contributed by atoms with E-state index in [2.05, 4.69) is 5.32 Å². The Kier molecular flexibility index (Phi) is 5.79. The number of piperazine rings is 1. The molecule has 1 fully saturated rings. The van der Waals surface area contributed by atoms with Crippen LogP contribution in [0.5, 0.6) is 11.5 Å². The van der Waals surface area contributed by atoms with Crippen LogP contribution in [-0.4, -0.2) is 44.2 Å². The molecule has 0 spiro atoms. The van der Waals surface area contributed by atoms with Crippen LogP contribution in [0.1, 0.15) is 11.6 Å². The molecule has 1 amide bonds. The van der Waals surface area contributed by atoms with E-state index in [0.29, 0.717) is 23.9 Å². The molecule has 1 aliphatic rings. The summed E-state index contributed by atoms with van der Waals surface area (Å²) in [7, 11) is 1.61. The molecule has 1 unspecified atom stereocenters. The second-order valence-corrected chi connectivity index (χ2v) is 6.20. The van der Waals surface area contributed by atoms with Gasteiger partial charge in [-0.05, 0) is 35.9 Å². The van der Waals surface area contributed by atoms with Gasteiger partial charge in [0.2, 0.25) is 0 Å². The van der Waals surface area contributed by atoms with E-state index >= 15 is 0 Å². The average molecular weight is 361 g/mol. The maximum absolute atomic E-state index is 12.7. The standard InChI is InChI=1S/C19H21ClN2O3/c1-24-14-6-8-15(9-7-14)25-13-19(23)22-11-10-21-12-18(22)16-4-2-3-5-17(16)20/h2-9,18,21H,10-13H2,1H3. The molecule has 0 aliphatic carbocycles. The molecule has 5 nitrogen and oxygen atoms in total. The molecule has 1 aliphatic heterocycles. The lowest BCUT2D eigenvalue weighted by Crippen LogP contribution is -2.50. The van der Waals surface area contributed by atoms with Crippen molar-refractivity contribution in [3.63, 3.8) is 0 Å². The van der Waals surface area contributed by atoms with Gasteiger partial charge in [-0.25, -0.2) is 0 Å². The lowest BCUT2D eigenvalue weighted by atomic mass is 10.0. The minimum absolute atomic E-state index is 0.00667. The first-order valence-electron chi connectivity index (χ1n) is 8.20. The number of ether oxygens (including phenoxy) is 2. The number of methoxy groups -OCH3 is 1. The maximum atomic E-state index is 12.7. The summed E-state index contributed by atoms with van der Waals surface area (Å²) < 4.78 is 10.7. The summed E-state index contributed by atoms with van der Waals surface area (Å²) in [6, 6.07) is 14.7. The molecule has 1 heterocycles. The molecule has 2 aromatic rings. The first-order valence-corrected chi connectivity index (χ1v) is 8.58. The van der Waals surface area contributed by atoms with Gasteiger partial charge in [0, 0.05) is 24.7 Å². The third kappa shape index (κ3) is 4.24. The Morgan fingerprint density at radius 1 is 1.20 bits per heavy atom. The fourth-order valence-electron chi connectivity index (χ4n) is 2.93.